The van der Waals surface area contributed by atoms with E-state index in [1.807, 2.05) is 20.8 Å². The minimum absolute atomic E-state index is 0.161. The average Bonchev–Trinajstić information content (AvgIpc) is 2.17. The van der Waals surface area contributed by atoms with Gasteiger partial charge in [0.2, 0.25) is 5.91 Å². The standard InChI is InChI=1S/C12H22N2O4/c1-12(2,3)14(11(16)17)8-4-5-9(18-7-8)6-10(13)15/h8-9H,4-7H2,1-3H3,(H2,13,15)(H,16,17)/t8-,9+/m1/s1. The van der Waals surface area contributed by atoms with Crippen LogP contribution in [-0.4, -0.2) is 46.3 Å². The number of nitrogens with zero attached hydrogens (tertiary/aromatic N) is 1. The molecule has 1 rings (SSSR count). The van der Waals surface area contributed by atoms with E-state index >= 15 is 0 Å². The molecule has 0 radical (unpaired) electrons. The highest BCUT2D eigenvalue weighted by Gasteiger charge is 2.36. The van der Waals surface area contributed by atoms with E-state index in [0.29, 0.717) is 19.4 Å². The Labute approximate surface area is 107 Å². The molecule has 0 spiro atoms. The lowest BCUT2D eigenvalue weighted by Gasteiger charge is -2.42. The highest BCUT2D eigenvalue weighted by atomic mass is 16.5. The summed E-state index contributed by atoms with van der Waals surface area (Å²) in [5.74, 6) is -0.385. The van der Waals surface area contributed by atoms with Crippen molar-refractivity contribution < 1.29 is 19.4 Å². The van der Waals surface area contributed by atoms with Crippen molar-refractivity contribution in [1.82, 2.24) is 4.90 Å². The Morgan fingerprint density at radius 2 is 2.00 bits per heavy atom. The predicted molar refractivity (Wildman–Crippen MR) is 66.2 cm³/mol. The minimum Gasteiger partial charge on any atom is -0.465 e. The van der Waals surface area contributed by atoms with E-state index in [4.69, 9.17) is 10.5 Å². The largest absolute Gasteiger partial charge is 0.465 e. The molecular weight excluding hydrogens is 236 g/mol. The number of hydrogen-bond donors (Lipinski definition) is 2. The number of primary amides is 1. The van der Waals surface area contributed by atoms with Crippen molar-refractivity contribution in [1.29, 1.82) is 0 Å². The molecule has 18 heavy (non-hydrogen) atoms. The first-order valence-electron chi connectivity index (χ1n) is 6.14. The van der Waals surface area contributed by atoms with Gasteiger partial charge in [-0.1, -0.05) is 0 Å². The molecule has 2 atom stereocenters. The van der Waals surface area contributed by atoms with Gasteiger partial charge < -0.3 is 15.6 Å². The summed E-state index contributed by atoms with van der Waals surface area (Å²) in [6.07, 6.45) is 0.448. The van der Waals surface area contributed by atoms with Gasteiger partial charge in [-0.2, -0.15) is 0 Å². The Bertz CT molecular complexity index is 317. The highest BCUT2D eigenvalue weighted by Crippen LogP contribution is 2.25. The number of carbonyl (C=O) groups is 2. The summed E-state index contributed by atoms with van der Waals surface area (Å²) in [4.78, 5) is 23.5. The number of amides is 2. The molecule has 0 unspecified atom stereocenters. The van der Waals surface area contributed by atoms with Crippen LogP contribution in [0.4, 0.5) is 4.79 Å². The molecule has 0 aliphatic carbocycles. The number of rotatable bonds is 3. The normalized spacial score (nSPS) is 24.6. The second kappa shape index (κ2) is 5.56. The van der Waals surface area contributed by atoms with Gasteiger partial charge in [0.05, 0.1) is 25.2 Å². The van der Waals surface area contributed by atoms with Crippen LogP contribution in [0.3, 0.4) is 0 Å². The molecular formula is C12H22N2O4. The second-order valence-electron chi connectivity index (χ2n) is 5.68. The summed E-state index contributed by atoms with van der Waals surface area (Å²) in [7, 11) is 0. The van der Waals surface area contributed by atoms with Gasteiger partial charge in [-0.25, -0.2) is 4.79 Å². The topological polar surface area (TPSA) is 92.9 Å². The Balaban J connectivity index is 2.60. The van der Waals surface area contributed by atoms with E-state index in [1.165, 1.54) is 4.90 Å². The number of carboxylic acid groups (broad SMARTS) is 1. The molecule has 0 saturated carbocycles. The fourth-order valence-electron chi connectivity index (χ4n) is 2.37. The third kappa shape index (κ3) is 3.87. The molecule has 1 fully saturated rings. The molecule has 6 heteroatoms. The molecule has 0 aromatic carbocycles. The van der Waals surface area contributed by atoms with E-state index in [1.54, 1.807) is 0 Å². The summed E-state index contributed by atoms with van der Waals surface area (Å²) in [5, 5.41) is 9.27. The molecule has 1 aliphatic heterocycles. The first kappa shape index (κ1) is 14.8. The van der Waals surface area contributed by atoms with Crippen LogP contribution in [0.2, 0.25) is 0 Å². The van der Waals surface area contributed by atoms with Gasteiger partial charge in [0.15, 0.2) is 0 Å². The first-order chi connectivity index (χ1) is 8.21. The third-order valence-corrected chi connectivity index (χ3v) is 3.07. The number of hydrogen-bond acceptors (Lipinski definition) is 3. The van der Waals surface area contributed by atoms with E-state index in [9.17, 15) is 14.7 Å². The van der Waals surface area contributed by atoms with Crippen molar-refractivity contribution >= 4 is 12.0 Å². The predicted octanol–water partition coefficient (Wildman–Crippen LogP) is 1.19. The van der Waals surface area contributed by atoms with Crippen molar-refractivity contribution in [3.05, 3.63) is 0 Å². The molecule has 1 heterocycles. The average molecular weight is 258 g/mol. The molecule has 3 N–H and O–H groups in total. The summed E-state index contributed by atoms with van der Waals surface area (Å²) in [6.45, 7) is 5.89. The van der Waals surface area contributed by atoms with Crippen molar-refractivity contribution in [3.8, 4) is 0 Å². The van der Waals surface area contributed by atoms with Crippen molar-refractivity contribution in [3.63, 3.8) is 0 Å². The zero-order chi connectivity index (χ0) is 13.9. The quantitative estimate of drug-likeness (QED) is 0.795. The summed E-state index contributed by atoms with van der Waals surface area (Å²) in [5.41, 5.74) is 4.65. The van der Waals surface area contributed by atoms with Crippen LogP contribution in [0.15, 0.2) is 0 Å². The van der Waals surface area contributed by atoms with Crippen LogP contribution >= 0.6 is 0 Å². The zero-order valence-electron chi connectivity index (χ0n) is 11.2. The highest BCUT2D eigenvalue weighted by molar-refractivity contribution is 5.74. The molecule has 0 bridgehead atoms. The van der Waals surface area contributed by atoms with E-state index < -0.39 is 11.6 Å². The maximum absolute atomic E-state index is 11.3. The smallest absolute Gasteiger partial charge is 0.408 e. The molecule has 1 saturated heterocycles. The number of nitrogens with two attached hydrogens (primary N) is 1. The molecule has 6 nitrogen and oxygen atoms in total. The molecule has 0 aromatic rings. The first-order valence-corrected chi connectivity index (χ1v) is 6.14. The van der Waals surface area contributed by atoms with Crippen molar-refractivity contribution in [2.75, 3.05) is 6.61 Å². The van der Waals surface area contributed by atoms with Gasteiger partial charge in [-0.3, -0.25) is 9.69 Å². The van der Waals surface area contributed by atoms with Gasteiger partial charge in [0.1, 0.15) is 0 Å². The Hall–Kier alpha value is -1.30. The van der Waals surface area contributed by atoms with Gasteiger partial charge >= 0.3 is 6.09 Å². The van der Waals surface area contributed by atoms with E-state index in [0.717, 1.165) is 0 Å². The number of carbonyl (C=O) groups excluding carboxylic acids is 1. The fourth-order valence-corrected chi connectivity index (χ4v) is 2.37. The maximum Gasteiger partial charge on any atom is 0.408 e. The molecule has 1 aliphatic rings. The Morgan fingerprint density at radius 1 is 1.39 bits per heavy atom. The van der Waals surface area contributed by atoms with Gasteiger partial charge in [0.25, 0.3) is 0 Å². The van der Waals surface area contributed by atoms with Crippen LogP contribution in [0.25, 0.3) is 0 Å². The Kier molecular flexibility index (Phi) is 4.56. The molecule has 104 valence electrons. The van der Waals surface area contributed by atoms with Crippen LogP contribution < -0.4 is 5.73 Å². The monoisotopic (exact) mass is 258 g/mol. The number of ether oxygens (including phenoxy) is 1. The maximum atomic E-state index is 11.3. The summed E-state index contributed by atoms with van der Waals surface area (Å²) >= 11 is 0. The van der Waals surface area contributed by atoms with E-state index in [2.05, 4.69) is 0 Å². The Morgan fingerprint density at radius 3 is 2.33 bits per heavy atom. The summed E-state index contributed by atoms with van der Waals surface area (Å²) in [6, 6.07) is -0.161. The molecule has 2 amide bonds. The lowest BCUT2D eigenvalue weighted by Crippen LogP contribution is -2.54. The SMILES string of the molecule is CC(C)(C)N(C(=O)O)[C@@H]1CC[C@@H](CC(N)=O)OC1. The van der Waals surface area contributed by atoms with Crippen LogP contribution in [-0.2, 0) is 9.53 Å². The van der Waals surface area contributed by atoms with Crippen LogP contribution in [0.5, 0.6) is 0 Å². The van der Waals surface area contributed by atoms with Gasteiger partial charge in [-0.15, -0.1) is 0 Å². The summed E-state index contributed by atoms with van der Waals surface area (Å²) < 4.78 is 5.52. The minimum atomic E-state index is -0.940. The van der Waals surface area contributed by atoms with Crippen LogP contribution in [0.1, 0.15) is 40.0 Å². The van der Waals surface area contributed by atoms with Crippen molar-refractivity contribution in [2.24, 2.45) is 5.73 Å². The van der Waals surface area contributed by atoms with Crippen molar-refractivity contribution in [2.45, 2.75) is 57.7 Å². The van der Waals surface area contributed by atoms with Gasteiger partial charge in [-0.05, 0) is 33.6 Å². The fraction of sp³-hybridized carbons (Fsp3) is 0.833. The lowest BCUT2D eigenvalue weighted by molar-refractivity contribution is -0.123. The third-order valence-electron chi connectivity index (χ3n) is 3.07. The van der Waals surface area contributed by atoms with Gasteiger partial charge in [0, 0.05) is 5.54 Å². The lowest BCUT2D eigenvalue weighted by atomic mass is 9.97. The molecule has 0 aromatic heterocycles. The zero-order valence-corrected chi connectivity index (χ0v) is 11.2. The van der Waals surface area contributed by atoms with Crippen LogP contribution in [0, 0.1) is 0 Å². The second-order valence-corrected chi connectivity index (χ2v) is 5.68. The van der Waals surface area contributed by atoms with E-state index in [-0.39, 0.29) is 24.5 Å².